The lowest BCUT2D eigenvalue weighted by Gasteiger charge is -2.07. The van der Waals surface area contributed by atoms with Crippen molar-refractivity contribution in [2.75, 3.05) is 7.11 Å². The largest absolute Gasteiger partial charge is 0.464 e. The molecule has 0 atom stereocenters. The SMILES string of the molecule is COC(=O)c1cccc(Cc2c(-c3cccnc3)[nH]c3cc(F)c(C)cc23)n1. The van der Waals surface area contributed by atoms with E-state index in [9.17, 15) is 9.18 Å². The zero-order valence-electron chi connectivity index (χ0n) is 15.5. The first-order valence-corrected chi connectivity index (χ1v) is 8.82. The first kappa shape index (κ1) is 17.9. The third-order valence-corrected chi connectivity index (χ3v) is 4.69. The Bertz CT molecular complexity index is 1170. The third-order valence-electron chi connectivity index (χ3n) is 4.69. The van der Waals surface area contributed by atoms with Gasteiger partial charge in [0.25, 0.3) is 0 Å². The summed E-state index contributed by atoms with van der Waals surface area (Å²) in [6.07, 6.45) is 3.94. The number of benzene rings is 1. The number of nitrogens with zero attached hydrogens (tertiary/aromatic N) is 2. The topological polar surface area (TPSA) is 67.9 Å². The maximum absolute atomic E-state index is 14.1. The monoisotopic (exact) mass is 375 g/mol. The summed E-state index contributed by atoms with van der Waals surface area (Å²) in [5, 5.41) is 0.919. The maximum Gasteiger partial charge on any atom is 0.356 e. The number of rotatable bonds is 4. The van der Waals surface area contributed by atoms with Crippen molar-refractivity contribution in [3.05, 3.63) is 83.2 Å². The number of aromatic amines is 1. The number of nitrogens with one attached hydrogen (secondary N) is 1. The molecule has 28 heavy (non-hydrogen) atoms. The van der Waals surface area contributed by atoms with Gasteiger partial charge < -0.3 is 9.72 Å². The Morgan fingerprint density at radius 2 is 2.07 bits per heavy atom. The van der Waals surface area contributed by atoms with Crippen molar-refractivity contribution in [1.29, 1.82) is 0 Å². The molecule has 1 aromatic carbocycles. The van der Waals surface area contributed by atoms with Crippen LogP contribution in [0.1, 0.15) is 27.3 Å². The number of carbonyl (C=O) groups is 1. The first-order valence-electron chi connectivity index (χ1n) is 8.82. The number of carbonyl (C=O) groups excluding carboxylic acids is 1. The number of halogens is 1. The lowest BCUT2D eigenvalue weighted by molar-refractivity contribution is 0.0593. The molecule has 0 aliphatic carbocycles. The van der Waals surface area contributed by atoms with E-state index < -0.39 is 5.97 Å². The van der Waals surface area contributed by atoms with E-state index in [0.29, 0.717) is 17.5 Å². The lowest BCUT2D eigenvalue weighted by Crippen LogP contribution is -2.06. The van der Waals surface area contributed by atoms with Crippen LogP contribution in [0.4, 0.5) is 4.39 Å². The summed E-state index contributed by atoms with van der Waals surface area (Å²) >= 11 is 0. The van der Waals surface area contributed by atoms with Gasteiger partial charge >= 0.3 is 5.97 Å². The van der Waals surface area contributed by atoms with Crippen LogP contribution in [0.3, 0.4) is 0 Å². The molecule has 0 aliphatic rings. The molecule has 1 N–H and O–H groups in total. The molecule has 0 fully saturated rings. The number of hydrogen-bond acceptors (Lipinski definition) is 4. The molecule has 3 heterocycles. The van der Waals surface area contributed by atoms with E-state index in [1.165, 1.54) is 13.2 Å². The number of methoxy groups -OCH3 is 1. The van der Waals surface area contributed by atoms with E-state index in [0.717, 1.165) is 27.9 Å². The quantitative estimate of drug-likeness (QED) is 0.535. The molecule has 3 aromatic heterocycles. The smallest absolute Gasteiger partial charge is 0.356 e. The van der Waals surface area contributed by atoms with Crippen LogP contribution in [-0.4, -0.2) is 28.0 Å². The lowest BCUT2D eigenvalue weighted by atomic mass is 10.0. The number of aryl methyl sites for hydroxylation is 1. The number of hydrogen-bond donors (Lipinski definition) is 1. The normalized spacial score (nSPS) is 11.0. The second-order valence-corrected chi connectivity index (χ2v) is 6.55. The Kier molecular flexibility index (Phi) is 4.61. The number of aromatic nitrogens is 3. The molecule has 0 radical (unpaired) electrons. The highest BCUT2D eigenvalue weighted by Gasteiger charge is 2.17. The summed E-state index contributed by atoms with van der Waals surface area (Å²) in [6, 6.07) is 12.4. The van der Waals surface area contributed by atoms with Crippen LogP contribution in [0, 0.1) is 12.7 Å². The average molecular weight is 375 g/mol. The van der Waals surface area contributed by atoms with Crippen molar-refractivity contribution in [3.8, 4) is 11.3 Å². The fourth-order valence-electron chi connectivity index (χ4n) is 3.30. The van der Waals surface area contributed by atoms with Crippen LogP contribution in [0.15, 0.2) is 54.9 Å². The minimum atomic E-state index is -0.480. The second kappa shape index (κ2) is 7.23. The van der Waals surface area contributed by atoms with Gasteiger partial charge in [0.2, 0.25) is 0 Å². The van der Waals surface area contributed by atoms with Crippen LogP contribution in [0.25, 0.3) is 22.2 Å². The fourth-order valence-corrected chi connectivity index (χ4v) is 3.30. The van der Waals surface area contributed by atoms with Gasteiger partial charge in [0.1, 0.15) is 11.5 Å². The molecule has 0 aliphatic heterocycles. The predicted molar refractivity (Wildman–Crippen MR) is 105 cm³/mol. The summed E-state index contributed by atoms with van der Waals surface area (Å²) in [4.78, 5) is 23.7. The average Bonchev–Trinajstić information content (AvgIpc) is 3.06. The molecule has 140 valence electrons. The molecule has 0 bridgehead atoms. The number of fused-ring (bicyclic) bond motifs is 1. The first-order chi connectivity index (χ1) is 13.6. The predicted octanol–water partition coefficient (Wildman–Crippen LogP) is 4.45. The van der Waals surface area contributed by atoms with Crippen LogP contribution in [-0.2, 0) is 11.2 Å². The summed E-state index contributed by atoms with van der Waals surface area (Å²) in [5.74, 6) is -0.741. The van der Waals surface area contributed by atoms with E-state index in [1.54, 1.807) is 31.5 Å². The summed E-state index contributed by atoms with van der Waals surface area (Å²) in [6.45, 7) is 1.74. The summed E-state index contributed by atoms with van der Waals surface area (Å²) in [5.41, 5.74) is 4.98. The van der Waals surface area contributed by atoms with Gasteiger partial charge in [0, 0.05) is 41.0 Å². The van der Waals surface area contributed by atoms with Crippen molar-refractivity contribution in [2.24, 2.45) is 0 Å². The summed E-state index contributed by atoms with van der Waals surface area (Å²) in [7, 11) is 1.33. The highest BCUT2D eigenvalue weighted by Crippen LogP contribution is 2.33. The Labute approximate surface area is 161 Å². The number of ether oxygens (including phenoxy) is 1. The highest BCUT2D eigenvalue weighted by atomic mass is 19.1. The van der Waals surface area contributed by atoms with E-state index in [2.05, 4.69) is 15.0 Å². The number of esters is 1. The van der Waals surface area contributed by atoms with Crippen LogP contribution < -0.4 is 0 Å². The van der Waals surface area contributed by atoms with Crippen molar-refractivity contribution in [3.63, 3.8) is 0 Å². The van der Waals surface area contributed by atoms with Gasteiger partial charge in [-0.2, -0.15) is 0 Å². The minimum Gasteiger partial charge on any atom is -0.464 e. The molecule has 0 saturated carbocycles. The van der Waals surface area contributed by atoms with Gasteiger partial charge in [-0.1, -0.05) is 6.07 Å². The van der Waals surface area contributed by atoms with Crippen molar-refractivity contribution >= 4 is 16.9 Å². The molecule has 0 unspecified atom stereocenters. The Hall–Kier alpha value is -3.54. The zero-order chi connectivity index (χ0) is 19.7. The Morgan fingerprint density at radius 3 is 2.82 bits per heavy atom. The van der Waals surface area contributed by atoms with Crippen molar-refractivity contribution < 1.29 is 13.9 Å². The third kappa shape index (κ3) is 3.24. The molecular weight excluding hydrogens is 357 g/mol. The molecule has 6 heteroatoms. The van der Waals surface area contributed by atoms with Gasteiger partial charge in [-0.15, -0.1) is 0 Å². The van der Waals surface area contributed by atoms with Gasteiger partial charge in [-0.05, 0) is 54.4 Å². The van der Waals surface area contributed by atoms with E-state index in [-0.39, 0.29) is 11.5 Å². The highest BCUT2D eigenvalue weighted by molar-refractivity contribution is 5.91. The standard InChI is InChI=1S/C22H18FN3O2/c1-13-9-16-17(10-15-6-3-7-19(25-15)22(27)28-2)21(14-5-4-8-24-12-14)26-20(16)11-18(13)23/h3-9,11-12,26H,10H2,1-2H3. The van der Waals surface area contributed by atoms with E-state index in [1.807, 2.05) is 24.3 Å². The Morgan fingerprint density at radius 1 is 1.21 bits per heavy atom. The second-order valence-electron chi connectivity index (χ2n) is 6.55. The van der Waals surface area contributed by atoms with Gasteiger partial charge in [-0.3, -0.25) is 4.98 Å². The molecule has 4 rings (SSSR count). The zero-order valence-corrected chi connectivity index (χ0v) is 15.5. The molecule has 0 amide bonds. The fraction of sp³-hybridized carbons (Fsp3) is 0.136. The van der Waals surface area contributed by atoms with Crippen LogP contribution in [0.5, 0.6) is 0 Å². The van der Waals surface area contributed by atoms with E-state index in [4.69, 9.17) is 4.74 Å². The van der Waals surface area contributed by atoms with Gasteiger partial charge in [0.15, 0.2) is 0 Å². The molecule has 0 spiro atoms. The maximum atomic E-state index is 14.1. The van der Waals surface area contributed by atoms with Crippen LogP contribution >= 0.6 is 0 Å². The number of H-pyrrole nitrogens is 1. The molecule has 0 saturated heterocycles. The minimum absolute atomic E-state index is 0.255. The summed E-state index contributed by atoms with van der Waals surface area (Å²) < 4.78 is 18.9. The van der Waals surface area contributed by atoms with Crippen molar-refractivity contribution in [1.82, 2.24) is 15.0 Å². The molecule has 5 nitrogen and oxygen atoms in total. The van der Waals surface area contributed by atoms with Crippen LogP contribution in [0.2, 0.25) is 0 Å². The van der Waals surface area contributed by atoms with Gasteiger partial charge in [-0.25, -0.2) is 14.2 Å². The number of pyridine rings is 2. The molecular formula is C22H18FN3O2. The van der Waals surface area contributed by atoms with E-state index >= 15 is 0 Å². The van der Waals surface area contributed by atoms with Crippen molar-refractivity contribution in [2.45, 2.75) is 13.3 Å². The molecule has 4 aromatic rings. The van der Waals surface area contributed by atoms with Gasteiger partial charge in [0.05, 0.1) is 12.8 Å². The Balaban J connectivity index is 1.87.